The summed E-state index contributed by atoms with van der Waals surface area (Å²) in [5.41, 5.74) is 3.09. The van der Waals surface area contributed by atoms with Crippen molar-refractivity contribution in [2.45, 2.75) is 77.0 Å². The van der Waals surface area contributed by atoms with Crippen LogP contribution in [0.3, 0.4) is 0 Å². The second-order valence-corrected chi connectivity index (χ2v) is 10.4. The lowest BCUT2D eigenvalue weighted by atomic mass is 9.64. The minimum Gasteiger partial charge on any atom is -0.458 e. The number of nitrogens with zero attached hydrogens (tertiary/aromatic N) is 2. The number of hydrogen-bond acceptors (Lipinski definition) is 6. The molecule has 4 heterocycles. The van der Waals surface area contributed by atoms with Gasteiger partial charge in [-0.05, 0) is 67.2 Å². The molecule has 188 valence electrons. The number of cyclic esters (lactones) is 1. The van der Waals surface area contributed by atoms with Crippen LogP contribution in [0.5, 0.6) is 0 Å². The maximum absolute atomic E-state index is 15.0. The van der Waals surface area contributed by atoms with Gasteiger partial charge in [0.1, 0.15) is 12.4 Å². The van der Waals surface area contributed by atoms with E-state index in [0.29, 0.717) is 35.3 Å². The van der Waals surface area contributed by atoms with E-state index >= 15 is 0 Å². The number of benzene rings is 1. The Morgan fingerprint density at radius 2 is 1.94 bits per heavy atom. The Morgan fingerprint density at radius 3 is 2.64 bits per heavy atom. The van der Waals surface area contributed by atoms with E-state index in [4.69, 9.17) is 9.72 Å². The summed E-state index contributed by atoms with van der Waals surface area (Å²) < 4.78 is 21.8. The number of esters is 1. The number of aliphatic hydroxyl groups excluding tert-OH is 1. The van der Waals surface area contributed by atoms with E-state index in [-0.39, 0.29) is 54.1 Å². The van der Waals surface area contributed by atoms with Crippen LogP contribution in [0.15, 0.2) is 16.9 Å². The molecule has 0 spiro atoms. The molecule has 0 bridgehead atoms. The minimum absolute atomic E-state index is 0.0200. The molecule has 2 aromatic heterocycles. The molecular formula is C28H29FN2O5. The van der Waals surface area contributed by atoms with Crippen molar-refractivity contribution in [3.63, 3.8) is 0 Å². The molecule has 8 heteroatoms. The zero-order valence-electron chi connectivity index (χ0n) is 20.7. The van der Waals surface area contributed by atoms with Crippen LogP contribution in [0.2, 0.25) is 0 Å². The van der Waals surface area contributed by atoms with Gasteiger partial charge >= 0.3 is 5.97 Å². The van der Waals surface area contributed by atoms with Crippen LogP contribution in [0, 0.1) is 12.7 Å². The van der Waals surface area contributed by atoms with Gasteiger partial charge in [0.2, 0.25) is 0 Å². The summed E-state index contributed by atoms with van der Waals surface area (Å²) in [7, 11) is 0. The summed E-state index contributed by atoms with van der Waals surface area (Å²) in [5, 5.41) is 22.1. The summed E-state index contributed by atoms with van der Waals surface area (Å²) in [6.45, 7) is 5.69. The Balaban J connectivity index is 1.72. The molecular weight excluding hydrogens is 463 g/mol. The van der Waals surface area contributed by atoms with E-state index in [0.717, 1.165) is 34.9 Å². The number of carbonyl (C=O) groups is 1. The van der Waals surface area contributed by atoms with Crippen LogP contribution in [-0.4, -0.2) is 32.3 Å². The summed E-state index contributed by atoms with van der Waals surface area (Å²) in [4.78, 5) is 31.0. The fourth-order valence-corrected chi connectivity index (χ4v) is 6.77. The van der Waals surface area contributed by atoms with E-state index < -0.39 is 11.6 Å². The number of hydrogen-bond donors (Lipinski definition) is 2. The molecule has 1 aliphatic carbocycles. The van der Waals surface area contributed by atoms with Crippen molar-refractivity contribution < 1.29 is 24.1 Å². The van der Waals surface area contributed by atoms with Gasteiger partial charge < -0.3 is 19.5 Å². The molecule has 0 saturated carbocycles. The molecule has 0 amide bonds. The summed E-state index contributed by atoms with van der Waals surface area (Å²) >= 11 is 0. The molecule has 3 aliphatic rings. The second kappa shape index (κ2) is 7.70. The maximum atomic E-state index is 15.0. The lowest BCUT2D eigenvalue weighted by Gasteiger charge is -2.40. The average molecular weight is 493 g/mol. The van der Waals surface area contributed by atoms with E-state index in [1.165, 1.54) is 6.07 Å². The SMILES string of the molecule is CC[C@@]1(CCO)CCc2c(C)c(F)cc3nc4c(c1c23)Cn1c-4cc2c(c1=O)COC(=O)[C@]2(O)CC. The Morgan fingerprint density at radius 1 is 1.17 bits per heavy atom. The van der Waals surface area contributed by atoms with Crippen molar-refractivity contribution in [3.8, 4) is 11.4 Å². The van der Waals surface area contributed by atoms with E-state index in [1.54, 1.807) is 24.5 Å². The molecule has 6 rings (SSSR count). The van der Waals surface area contributed by atoms with Crippen molar-refractivity contribution in [2.75, 3.05) is 6.61 Å². The van der Waals surface area contributed by atoms with Crippen LogP contribution in [0.4, 0.5) is 4.39 Å². The first-order chi connectivity index (χ1) is 17.2. The van der Waals surface area contributed by atoms with E-state index in [9.17, 15) is 24.2 Å². The monoisotopic (exact) mass is 492 g/mol. The number of aromatic nitrogens is 2. The molecule has 2 N–H and O–H groups in total. The van der Waals surface area contributed by atoms with Gasteiger partial charge in [0.25, 0.3) is 5.56 Å². The van der Waals surface area contributed by atoms with Crippen LogP contribution in [-0.2, 0) is 40.1 Å². The Labute approximate surface area is 207 Å². The highest BCUT2D eigenvalue weighted by Gasteiger charge is 2.46. The highest BCUT2D eigenvalue weighted by atomic mass is 19.1. The largest absolute Gasteiger partial charge is 0.458 e. The number of fused-ring (bicyclic) bond motifs is 5. The third-order valence-corrected chi connectivity index (χ3v) is 8.95. The number of halogens is 1. The smallest absolute Gasteiger partial charge is 0.343 e. The predicted molar refractivity (Wildman–Crippen MR) is 131 cm³/mol. The number of rotatable bonds is 4. The average Bonchev–Trinajstić information content (AvgIpc) is 3.24. The normalized spacial score (nSPS) is 23.9. The van der Waals surface area contributed by atoms with Crippen molar-refractivity contribution in [1.82, 2.24) is 9.55 Å². The summed E-state index contributed by atoms with van der Waals surface area (Å²) in [6, 6.07) is 3.15. The quantitative estimate of drug-likeness (QED) is 0.423. The molecule has 36 heavy (non-hydrogen) atoms. The molecule has 0 saturated heterocycles. The van der Waals surface area contributed by atoms with Gasteiger partial charge in [-0.3, -0.25) is 4.79 Å². The third-order valence-electron chi connectivity index (χ3n) is 8.95. The van der Waals surface area contributed by atoms with Crippen LogP contribution in [0.25, 0.3) is 22.3 Å². The van der Waals surface area contributed by atoms with Gasteiger partial charge in [-0.15, -0.1) is 0 Å². The molecule has 2 aliphatic heterocycles. The number of aryl methyl sites for hydroxylation is 1. The van der Waals surface area contributed by atoms with Gasteiger partial charge in [-0.1, -0.05) is 13.8 Å². The van der Waals surface area contributed by atoms with Crippen LogP contribution in [0.1, 0.15) is 72.9 Å². The highest BCUT2D eigenvalue weighted by Crippen LogP contribution is 2.51. The maximum Gasteiger partial charge on any atom is 0.343 e. The first kappa shape index (κ1) is 23.3. The molecule has 0 radical (unpaired) electrons. The lowest BCUT2D eigenvalue weighted by Crippen LogP contribution is -2.44. The number of ether oxygens (including phenoxy) is 1. The predicted octanol–water partition coefficient (Wildman–Crippen LogP) is 3.50. The molecule has 0 fully saturated rings. The Kier molecular flexibility index (Phi) is 4.98. The van der Waals surface area contributed by atoms with Gasteiger partial charge in [0.05, 0.1) is 29.0 Å². The fraction of sp³-hybridized carbons (Fsp3) is 0.464. The van der Waals surface area contributed by atoms with Gasteiger partial charge in [0, 0.05) is 29.2 Å². The molecule has 2 atom stereocenters. The van der Waals surface area contributed by atoms with Crippen molar-refractivity contribution in [1.29, 1.82) is 0 Å². The van der Waals surface area contributed by atoms with E-state index in [1.807, 2.05) is 0 Å². The van der Waals surface area contributed by atoms with Crippen molar-refractivity contribution in [3.05, 3.63) is 61.7 Å². The third kappa shape index (κ3) is 2.77. The standard InChI is InChI=1S/C28H29FN2O5/c1-4-27(8-9-32)7-6-15-14(3)19(29)11-20-22(15)23(27)16-12-31-21(24(16)30-20)10-18-17(25(31)33)13-36-26(34)28(18,35)5-2/h10-11,32,35H,4-9,12-13H2,1-3H3/t27-,28-/m0/s1. The molecule has 3 aromatic rings. The first-order valence-electron chi connectivity index (χ1n) is 12.6. The van der Waals surface area contributed by atoms with Crippen molar-refractivity contribution in [2.24, 2.45) is 0 Å². The second-order valence-electron chi connectivity index (χ2n) is 10.4. The minimum atomic E-state index is -1.91. The molecule has 0 unspecified atom stereocenters. The number of pyridine rings is 2. The van der Waals surface area contributed by atoms with Crippen molar-refractivity contribution >= 4 is 16.9 Å². The van der Waals surface area contributed by atoms with E-state index in [2.05, 4.69) is 6.92 Å². The molecule has 7 nitrogen and oxygen atoms in total. The fourth-order valence-electron chi connectivity index (χ4n) is 6.77. The highest BCUT2D eigenvalue weighted by molar-refractivity contribution is 5.94. The van der Waals surface area contributed by atoms with Gasteiger partial charge in [0.15, 0.2) is 5.60 Å². The Hall–Kier alpha value is -3.10. The lowest BCUT2D eigenvalue weighted by molar-refractivity contribution is -0.172. The Bertz CT molecular complexity index is 1540. The zero-order valence-corrected chi connectivity index (χ0v) is 20.7. The first-order valence-corrected chi connectivity index (χ1v) is 12.6. The van der Waals surface area contributed by atoms with Crippen LogP contribution >= 0.6 is 0 Å². The summed E-state index contributed by atoms with van der Waals surface area (Å²) in [5.74, 6) is -1.08. The molecule has 1 aromatic carbocycles. The summed E-state index contributed by atoms with van der Waals surface area (Å²) in [6.07, 6.45) is 2.88. The zero-order chi connectivity index (χ0) is 25.6. The topological polar surface area (TPSA) is 102 Å². The number of carbonyl (C=O) groups excluding carboxylic acids is 1. The van der Waals surface area contributed by atoms with Crippen LogP contribution < -0.4 is 5.56 Å². The number of aliphatic hydroxyl groups is 2. The van der Waals surface area contributed by atoms with Gasteiger partial charge in [-0.2, -0.15) is 0 Å². The van der Waals surface area contributed by atoms with Gasteiger partial charge in [-0.25, -0.2) is 14.2 Å².